The van der Waals surface area contributed by atoms with Gasteiger partial charge in [-0.1, -0.05) is 65.7 Å². The van der Waals surface area contributed by atoms with Gasteiger partial charge in [-0.25, -0.2) is 8.42 Å². The molecular formula is C24H24Cl2N2O3S2. The number of carbonyl (C=O) groups is 1. The first-order valence-electron chi connectivity index (χ1n) is 10.1. The second kappa shape index (κ2) is 11.4. The summed E-state index contributed by atoms with van der Waals surface area (Å²) in [4.78, 5) is 14.2. The van der Waals surface area contributed by atoms with Crippen LogP contribution < -0.4 is 10.0 Å². The molecule has 2 atom stereocenters. The van der Waals surface area contributed by atoms with Crippen molar-refractivity contribution in [1.29, 1.82) is 0 Å². The molecule has 0 saturated heterocycles. The van der Waals surface area contributed by atoms with Crippen molar-refractivity contribution in [3.05, 3.63) is 94.0 Å². The standard InChI is InChI=1S/C24H24Cl2N2O3S2/c1-16(18-8-11-20(32-2)12-9-18)27-24(29)22(14-17-6-4-3-5-7-17)28-33(30,31)23-15-19(25)10-13-21(23)26/h3-13,15-16,22,28H,14H2,1-2H3,(H,27,29)/t16-,22+/m0/s1. The number of rotatable bonds is 9. The maximum atomic E-state index is 13.2. The molecule has 0 saturated carbocycles. The number of benzene rings is 3. The Hall–Kier alpha value is -2.03. The zero-order valence-corrected chi connectivity index (χ0v) is 21.2. The van der Waals surface area contributed by atoms with Crippen LogP contribution in [0.5, 0.6) is 0 Å². The molecule has 0 heterocycles. The van der Waals surface area contributed by atoms with Crippen LogP contribution in [-0.4, -0.2) is 26.6 Å². The molecule has 3 rings (SSSR count). The quantitative estimate of drug-likeness (QED) is 0.364. The highest BCUT2D eigenvalue weighted by Crippen LogP contribution is 2.25. The molecule has 0 aliphatic heterocycles. The van der Waals surface area contributed by atoms with Crippen LogP contribution >= 0.6 is 35.0 Å². The molecule has 0 aliphatic rings. The van der Waals surface area contributed by atoms with Gasteiger partial charge in [0.1, 0.15) is 10.9 Å². The summed E-state index contributed by atoms with van der Waals surface area (Å²) in [5, 5.41) is 3.17. The van der Waals surface area contributed by atoms with Crippen molar-refractivity contribution in [3.63, 3.8) is 0 Å². The molecule has 33 heavy (non-hydrogen) atoms. The van der Waals surface area contributed by atoms with Gasteiger partial charge in [0.15, 0.2) is 0 Å². The van der Waals surface area contributed by atoms with Gasteiger partial charge in [0.2, 0.25) is 15.9 Å². The summed E-state index contributed by atoms with van der Waals surface area (Å²) in [5.74, 6) is -0.443. The Bertz CT molecular complexity index is 1200. The Kier molecular flexibility index (Phi) is 8.84. The molecule has 0 unspecified atom stereocenters. The van der Waals surface area contributed by atoms with Crippen LogP contribution in [0, 0.1) is 0 Å². The van der Waals surface area contributed by atoms with Crippen molar-refractivity contribution in [2.45, 2.75) is 35.2 Å². The van der Waals surface area contributed by atoms with Crippen LogP contribution in [0.4, 0.5) is 0 Å². The van der Waals surface area contributed by atoms with Gasteiger partial charge >= 0.3 is 0 Å². The van der Waals surface area contributed by atoms with Gasteiger partial charge in [-0.15, -0.1) is 11.8 Å². The van der Waals surface area contributed by atoms with Crippen molar-refractivity contribution in [2.24, 2.45) is 0 Å². The maximum Gasteiger partial charge on any atom is 0.242 e. The summed E-state index contributed by atoms with van der Waals surface area (Å²) < 4.78 is 28.7. The van der Waals surface area contributed by atoms with E-state index in [4.69, 9.17) is 23.2 Å². The zero-order valence-electron chi connectivity index (χ0n) is 18.1. The van der Waals surface area contributed by atoms with Gasteiger partial charge in [0.05, 0.1) is 11.1 Å². The Morgan fingerprint density at radius 3 is 2.30 bits per heavy atom. The van der Waals surface area contributed by atoms with Crippen molar-refractivity contribution < 1.29 is 13.2 Å². The van der Waals surface area contributed by atoms with Crippen molar-refractivity contribution >= 4 is 50.9 Å². The minimum atomic E-state index is -4.12. The fourth-order valence-electron chi connectivity index (χ4n) is 3.26. The summed E-state index contributed by atoms with van der Waals surface area (Å²) in [6, 6.07) is 19.9. The highest BCUT2D eigenvalue weighted by atomic mass is 35.5. The average molecular weight is 524 g/mol. The van der Waals surface area contributed by atoms with Crippen LogP contribution in [0.25, 0.3) is 0 Å². The predicted octanol–water partition coefficient (Wildman–Crippen LogP) is 5.48. The van der Waals surface area contributed by atoms with E-state index in [0.717, 1.165) is 16.0 Å². The largest absolute Gasteiger partial charge is 0.348 e. The van der Waals surface area contributed by atoms with Crippen LogP contribution in [0.3, 0.4) is 0 Å². The van der Waals surface area contributed by atoms with Gasteiger partial charge in [-0.05, 0) is 61.1 Å². The second-order valence-electron chi connectivity index (χ2n) is 7.44. The van der Waals surface area contributed by atoms with E-state index in [2.05, 4.69) is 10.0 Å². The highest BCUT2D eigenvalue weighted by Gasteiger charge is 2.28. The van der Waals surface area contributed by atoms with E-state index in [0.29, 0.717) is 0 Å². The molecule has 0 aliphatic carbocycles. The number of nitrogens with one attached hydrogen (secondary N) is 2. The van der Waals surface area contributed by atoms with Gasteiger partial charge < -0.3 is 5.32 Å². The van der Waals surface area contributed by atoms with Gasteiger partial charge in [0, 0.05) is 9.92 Å². The molecule has 0 radical (unpaired) electrons. The molecule has 0 fully saturated rings. The van der Waals surface area contributed by atoms with Gasteiger partial charge in [-0.2, -0.15) is 4.72 Å². The number of sulfonamides is 1. The molecule has 1 amide bonds. The topological polar surface area (TPSA) is 75.3 Å². The monoisotopic (exact) mass is 522 g/mol. The normalized spacial score (nSPS) is 13.3. The molecular weight excluding hydrogens is 499 g/mol. The molecule has 9 heteroatoms. The number of thioether (sulfide) groups is 1. The van der Waals surface area contributed by atoms with Crippen molar-refractivity contribution in [1.82, 2.24) is 10.0 Å². The lowest BCUT2D eigenvalue weighted by atomic mass is 10.0. The Morgan fingerprint density at radius 2 is 1.67 bits per heavy atom. The third-order valence-electron chi connectivity index (χ3n) is 5.05. The Morgan fingerprint density at radius 1 is 1.00 bits per heavy atom. The Balaban J connectivity index is 1.85. The fourth-order valence-corrected chi connectivity index (χ4v) is 5.63. The summed E-state index contributed by atoms with van der Waals surface area (Å²) in [7, 11) is -4.12. The number of hydrogen-bond donors (Lipinski definition) is 2. The van der Waals surface area contributed by atoms with Crippen molar-refractivity contribution in [2.75, 3.05) is 6.26 Å². The first kappa shape index (κ1) is 25.6. The van der Waals surface area contributed by atoms with E-state index >= 15 is 0 Å². The Labute approximate surface area is 208 Å². The highest BCUT2D eigenvalue weighted by molar-refractivity contribution is 7.98. The lowest BCUT2D eigenvalue weighted by molar-refractivity contribution is -0.123. The molecule has 2 N–H and O–H groups in total. The molecule has 5 nitrogen and oxygen atoms in total. The van der Waals surface area contributed by atoms with E-state index in [1.807, 2.05) is 67.8 Å². The van der Waals surface area contributed by atoms with Crippen LogP contribution in [0.15, 0.2) is 82.6 Å². The van der Waals surface area contributed by atoms with Gasteiger partial charge in [-0.3, -0.25) is 4.79 Å². The summed E-state index contributed by atoms with van der Waals surface area (Å²) in [5.41, 5.74) is 1.73. The lowest BCUT2D eigenvalue weighted by Crippen LogP contribution is -2.48. The molecule has 3 aromatic carbocycles. The van der Waals surface area contributed by atoms with Crippen LogP contribution in [-0.2, 0) is 21.2 Å². The zero-order chi connectivity index (χ0) is 24.0. The first-order valence-corrected chi connectivity index (χ1v) is 13.6. The first-order chi connectivity index (χ1) is 15.7. The van der Waals surface area contributed by atoms with Gasteiger partial charge in [0.25, 0.3) is 0 Å². The lowest BCUT2D eigenvalue weighted by Gasteiger charge is -2.22. The van der Waals surface area contributed by atoms with Crippen LogP contribution in [0.1, 0.15) is 24.1 Å². The molecule has 0 aromatic heterocycles. The van der Waals surface area contributed by atoms with Crippen molar-refractivity contribution in [3.8, 4) is 0 Å². The number of hydrogen-bond acceptors (Lipinski definition) is 4. The van der Waals surface area contributed by atoms with E-state index < -0.39 is 22.0 Å². The third kappa shape index (κ3) is 6.98. The van der Waals surface area contributed by atoms with E-state index in [9.17, 15) is 13.2 Å². The smallest absolute Gasteiger partial charge is 0.242 e. The molecule has 3 aromatic rings. The number of carbonyl (C=O) groups excluding carboxylic acids is 1. The minimum absolute atomic E-state index is 0.0213. The maximum absolute atomic E-state index is 13.2. The SMILES string of the molecule is CSc1ccc([C@H](C)NC(=O)[C@@H](Cc2ccccc2)NS(=O)(=O)c2cc(Cl)ccc2Cl)cc1. The summed E-state index contributed by atoms with van der Waals surface area (Å²) in [6.45, 7) is 1.86. The van der Waals surface area contributed by atoms with E-state index in [1.165, 1.54) is 18.2 Å². The molecule has 174 valence electrons. The predicted molar refractivity (Wildman–Crippen MR) is 135 cm³/mol. The number of amides is 1. The molecule has 0 bridgehead atoms. The minimum Gasteiger partial charge on any atom is -0.348 e. The van der Waals surface area contributed by atoms with E-state index in [1.54, 1.807) is 11.8 Å². The van der Waals surface area contributed by atoms with Crippen LogP contribution in [0.2, 0.25) is 10.0 Å². The number of halogens is 2. The molecule has 0 spiro atoms. The third-order valence-corrected chi connectivity index (χ3v) is 7.99. The average Bonchev–Trinajstić information content (AvgIpc) is 2.80. The summed E-state index contributed by atoms with van der Waals surface area (Å²) >= 11 is 13.7. The van der Waals surface area contributed by atoms with E-state index in [-0.39, 0.29) is 27.4 Å². The summed E-state index contributed by atoms with van der Waals surface area (Å²) in [6.07, 6.45) is 2.16. The second-order valence-corrected chi connectivity index (χ2v) is 10.8. The fraction of sp³-hybridized carbons (Fsp3) is 0.208.